The summed E-state index contributed by atoms with van der Waals surface area (Å²) in [5.41, 5.74) is 2.75. The fraction of sp³-hybridized carbons (Fsp3) is 0.625. The first kappa shape index (κ1) is 14.2. The molecule has 0 aliphatic rings. The van der Waals surface area contributed by atoms with Crippen molar-refractivity contribution in [3.8, 4) is 0 Å². The van der Waals surface area contributed by atoms with E-state index in [-0.39, 0.29) is 0 Å². The molecule has 0 bridgehead atoms. The first-order valence-corrected chi connectivity index (χ1v) is 7.00. The molecule has 0 aromatic heterocycles. The summed E-state index contributed by atoms with van der Waals surface area (Å²) in [6, 6.07) is 9.92. The number of rotatable bonds is 7. The zero-order chi connectivity index (χ0) is 12.7. The number of aryl methyl sites for hydroxylation is 1. The molecule has 1 rings (SSSR count). The maximum Gasteiger partial charge on any atom is 0.0294 e. The van der Waals surface area contributed by atoms with Crippen molar-refractivity contribution in [1.29, 1.82) is 0 Å². The topological polar surface area (TPSA) is 12.0 Å². The SMILES string of the molecule is CCCCC(CC)N[C@H](C)c1cccc(C)c1. The minimum atomic E-state index is 0.455. The monoisotopic (exact) mass is 233 g/mol. The quantitative estimate of drug-likeness (QED) is 0.725. The highest BCUT2D eigenvalue weighted by atomic mass is 14.9. The van der Waals surface area contributed by atoms with Crippen molar-refractivity contribution in [3.05, 3.63) is 35.4 Å². The Labute approximate surface area is 107 Å². The Bertz CT molecular complexity index is 319. The molecule has 0 heterocycles. The fourth-order valence-corrected chi connectivity index (χ4v) is 2.25. The summed E-state index contributed by atoms with van der Waals surface area (Å²) in [6.07, 6.45) is 5.13. The van der Waals surface area contributed by atoms with Crippen molar-refractivity contribution in [3.63, 3.8) is 0 Å². The van der Waals surface area contributed by atoms with Gasteiger partial charge in [0, 0.05) is 12.1 Å². The van der Waals surface area contributed by atoms with Crippen molar-refractivity contribution >= 4 is 0 Å². The van der Waals surface area contributed by atoms with E-state index in [1.807, 2.05) is 0 Å². The van der Waals surface area contributed by atoms with E-state index >= 15 is 0 Å². The van der Waals surface area contributed by atoms with Crippen LogP contribution in [0.4, 0.5) is 0 Å². The van der Waals surface area contributed by atoms with Gasteiger partial charge in [-0.05, 0) is 32.3 Å². The Kier molecular flexibility index (Phi) is 6.28. The van der Waals surface area contributed by atoms with Gasteiger partial charge in [-0.3, -0.25) is 0 Å². The van der Waals surface area contributed by atoms with Crippen LogP contribution in [0.5, 0.6) is 0 Å². The third-order valence-electron chi connectivity index (χ3n) is 3.43. The lowest BCUT2D eigenvalue weighted by Gasteiger charge is -2.22. The summed E-state index contributed by atoms with van der Waals surface area (Å²) in [7, 11) is 0. The van der Waals surface area contributed by atoms with Crippen LogP contribution in [0.2, 0.25) is 0 Å². The van der Waals surface area contributed by atoms with E-state index in [0.29, 0.717) is 12.1 Å². The summed E-state index contributed by atoms with van der Waals surface area (Å²) < 4.78 is 0. The minimum Gasteiger partial charge on any atom is -0.307 e. The fourth-order valence-electron chi connectivity index (χ4n) is 2.25. The normalized spacial score (nSPS) is 14.6. The highest BCUT2D eigenvalue weighted by molar-refractivity contribution is 5.24. The molecule has 0 aliphatic carbocycles. The van der Waals surface area contributed by atoms with Gasteiger partial charge in [-0.1, -0.05) is 56.5 Å². The third kappa shape index (κ3) is 4.91. The van der Waals surface area contributed by atoms with Gasteiger partial charge < -0.3 is 5.32 Å². The van der Waals surface area contributed by atoms with E-state index in [0.717, 1.165) is 0 Å². The molecule has 0 spiro atoms. The average molecular weight is 233 g/mol. The molecule has 1 aromatic rings. The van der Waals surface area contributed by atoms with Gasteiger partial charge in [0.15, 0.2) is 0 Å². The lowest BCUT2D eigenvalue weighted by molar-refractivity contribution is 0.410. The molecule has 0 amide bonds. The average Bonchev–Trinajstić information content (AvgIpc) is 2.34. The van der Waals surface area contributed by atoms with Crippen LogP contribution in [0.3, 0.4) is 0 Å². The van der Waals surface area contributed by atoms with E-state index in [1.165, 1.54) is 36.8 Å². The Morgan fingerprint density at radius 2 is 2.00 bits per heavy atom. The number of hydrogen-bond donors (Lipinski definition) is 1. The maximum absolute atomic E-state index is 3.74. The maximum atomic E-state index is 3.74. The predicted molar refractivity (Wildman–Crippen MR) is 76.3 cm³/mol. The molecular weight excluding hydrogens is 206 g/mol. The van der Waals surface area contributed by atoms with Gasteiger partial charge >= 0.3 is 0 Å². The van der Waals surface area contributed by atoms with E-state index in [9.17, 15) is 0 Å². The first-order valence-electron chi connectivity index (χ1n) is 7.00. The smallest absolute Gasteiger partial charge is 0.0294 e. The molecule has 1 unspecified atom stereocenters. The molecular formula is C16H27N. The largest absolute Gasteiger partial charge is 0.307 e. The summed E-state index contributed by atoms with van der Waals surface area (Å²) in [5.74, 6) is 0. The summed E-state index contributed by atoms with van der Waals surface area (Å²) in [6.45, 7) is 8.96. The Morgan fingerprint density at radius 3 is 2.59 bits per heavy atom. The Hall–Kier alpha value is -0.820. The predicted octanol–water partition coefficient (Wildman–Crippen LogP) is 4.61. The molecule has 0 saturated carbocycles. The molecule has 0 radical (unpaired) electrons. The number of hydrogen-bond acceptors (Lipinski definition) is 1. The molecule has 1 aromatic carbocycles. The second-order valence-electron chi connectivity index (χ2n) is 5.05. The van der Waals surface area contributed by atoms with Crippen LogP contribution in [-0.4, -0.2) is 6.04 Å². The lowest BCUT2D eigenvalue weighted by Crippen LogP contribution is -2.31. The lowest BCUT2D eigenvalue weighted by atomic mass is 10.0. The van der Waals surface area contributed by atoms with Gasteiger partial charge in [-0.15, -0.1) is 0 Å². The van der Waals surface area contributed by atoms with E-state index < -0.39 is 0 Å². The van der Waals surface area contributed by atoms with Gasteiger partial charge in [0.25, 0.3) is 0 Å². The number of unbranched alkanes of at least 4 members (excludes halogenated alkanes) is 1. The van der Waals surface area contributed by atoms with Gasteiger partial charge in [-0.25, -0.2) is 0 Å². The van der Waals surface area contributed by atoms with Crippen LogP contribution in [0, 0.1) is 6.92 Å². The minimum absolute atomic E-state index is 0.455. The van der Waals surface area contributed by atoms with Gasteiger partial charge in [0.1, 0.15) is 0 Å². The molecule has 2 atom stereocenters. The Morgan fingerprint density at radius 1 is 1.24 bits per heavy atom. The summed E-state index contributed by atoms with van der Waals surface area (Å²) >= 11 is 0. The number of benzene rings is 1. The van der Waals surface area contributed by atoms with Crippen LogP contribution in [0.15, 0.2) is 24.3 Å². The van der Waals surface area contributed by atoms with E-state index in [2.05, 4.69) is 57.3 Å². The van der Waals surface area contributed by atoms with Crippen LogP contribution in [-0.2, 0) is 0 Å². The molecule has 0 saturated heterocycles. The first-order chi connectivity index (χ1) is 8.17. The van der Waals surface area contributed by atoms with Crippen LogP contribution >= 0.6 is 0 Å². The second-order valence-corrected chi connectivity index (χ2v) is 5.05. The highest BCUT2D eigenvalue weighted by Crippen LogP contribution is 2.16. The van der Waals surface area contributed by atoms with Gasteiger partial charge in [0.2, 0.25) is 0 Å². The molecule has 17 heavy (non-hydrogen) atoms. The molecule has 1 heteroatoms. The van der Waals surface area contributed by atoms with Crippen molar-refractivity contribution in [1.82, 2.24) is 5.32 Å². The van der Waals surface area contributed by atoms with Crippen LogP contribution < -0.4 is 5.32 Å². The summed E-state index contributed by atoms with van der Waals surface area (Å²) in [5, 5.41) is 3.74. The van der Waals surface area contributed by atoms with Crippen molar-refractivity contribution in [2.24, 2.45) is 0 Å². The molecule has 1 nitrogen and oxygen atoms in total. The Balaban J connectivity index is 2.54. The standard InChI is InChI=1S/C16H27N/c1-5-7-11-16(6-2)17-14(4)15-10-8-9-13(3)12-15/h8-10,12,14,16-17H,5-7,11H2,1-4H3/t14-,16?/m1/s1. The van der Waals surface area contributed by atoms with Crippen molar-refractivity contribution < 1.29 is 0 Å². The zero-order valence-corrected chi connectivity index (χ0v) is 11.8. The zero-order valence-electron chi connectivity index (χ0n) is 11.8. The van der Waals surface area contributed by atoms with Crippen LogP contribution in [0.1, 0.15) is 63.6 Å². The molecule has 96 valence electrons. The second kappa shape index (κ2) is 7.50. The van der Waals surface area contributed by atoms with E-state index in [1.54, 1.807) is 0 Å². The van der Waals surface area contributed by atoms with Crippen molar-refractivity contribution in [2.75, 3.05) is 0 Å². The number of nitrogens with one attached hydrogen (secondary N) is 1. The molecule has 0 aliphatic heterocycles. The van der Waals surface area contributed by atoms with Crippen LogP contribution in [0.25, 0.3) is 0 Å². The van der Waals surface area contributed by atoms with E-state index in [4.69, 9.17) is 0 Å². The molecule has 0 fully saturated rings. The highest BCUT2D eigenvalue weighted by Gasteiger charge is 2.11. The summed E-state index contributed by atoms with van der Waals surface area (Å²) in [4.78, 5) is 0. The van der Waals surface area contributed by atoms with Crippen molar-refractivity contribution in [2.45, 2.75) is 65.5 Å². The van der Waals surface area contributed by atoms with Gasteiger partial charge in [0.05, 0.1) is 0 Å². The third-order valence-corrected chi connectivity index (χ3v) is 3.43. The van der Waals surface area contributed by atoms with Gasteiger partial charge in [-0.2, -0.15) is 0 Å². The molecule has 1 N–H and O–H groups in total.